The van der Waals surface area contributed by atoms with Crippen LogP contribution in [0, 0.1) is 19.8 Å². The van der Waals surface area contributed by atoms with Gasteiger partial charge in [0.1, 0.15) is 5.82 Å². The molecule has 6 nitrogen and oxygen atoms in total. The summed E-state index contributed by atoms with van der Waals surface area (Å²) in [6, 6.07) is 7.84. The molecule has 0 bridgehead atoms. The number of hydrogen-bond donors (Lipinski definition) is 1. The van der Waals surface area contributed by atoms with E-state index in [0.717, 1.165) is 72.0 Å². The molecule has 1 amide bonds. The highest BCUT2D eigenvalue weighted by Gasteiger charge is 2.22. The lowest BCUT2D eigenvalue weighted by molar-refractivity contribution is 0.0952. The van der Waals surface area contributed by atoms with Crippen LogP contribution >= 0.6 is 11.8 Å². The Morgan fingerprint density at radius 3 is 2.59 bits per heavy atom. The second-order valence-electron chi connectivity index (χ2n) is 7.78. The van der Waals surface area contributed by atoms with E-state index in [2.05, 4.69) is 22.1 Å². The number of aryl methyl sites for hydroxylation is 1. The van der Waals surface area contributed by atoms with Crippen LogP contribution in [0.2, 0.25) is 0 Å². The standard InChI is InChI=1S/C22H28N4O2S/c1-15-16(2)24-22(25-20(15)26-9-11-28-12-10-26)29-14-18-5-7-19(8-6-18)21(27)23-13-17-3-4-17/h5-8,17H,3-4,9-14H2,1-2H3,(H,23,27). The van der Waals surface area contributed by atoms with E-state index in [0.29, 0.717) is 5.92 Å². The third-order valence-electron chi connectivity index (χ3n) is 5.49. The summed E-state index contributed by atoms with van der Waals surface area (Å²) in [6.07, 6.45) is 2.48. The number of anilines is 1. The molecular formula is C22H28N4O2S. The zero-order valence-corrected chi connectivity index (χ0v) is 17.9. The smallest absolute Gasteiger partial charge is 0.251 e. The number of amides is 1. The van der Waals surface area contributed by atoms with Gasteiger partial charge in [0.2, 0.25) is 0 Å². The molecule has 1 saturated heterocycles. The van der Waals surface area contributed by atoms with Gasteiger partial charge in [-0.15, -0.1) is 0 Å². The predicted molar refractivity (Wildman–Crippen MR) is 116 cm³/mol. The Morgan fingerprint density at radius 2 is 1.90 bits per heavy atom. The molecule has 0 unspecified atom stereocenters. The maximum absolute atomic E-state index is 12.2. The molecule has 2 fully saturated rings. The van der Waals surface area contributed by atoms with Crippen molar-refractivity contribution < 1.29 is 9.53 Å². The van der Waals surface area contributed by atoms with Crippen LogP contribution in [0.1, 0.15) is 40.0 Å². The number of aromatic nitrogens is 2. The fourth-order valence-corrected chi connectivity index (χ4v) is 4.14. The van der Waals surface area contributed by atoms with Crippen molar-refractivity contribution >= 4 is 23.5 Å². The summed E-state index contributed by atoms with van der Waals surface area (Å²) in [7, 11) is 0. The van der Waals surface area contributed by atoms with Crippen molar-refractivity contribution in [1.82, 2.24) is 15.3 Å². The van der Waals surface area contributed by atoms with Gasteiger partial charge in [0.25, 0.3) is 5.91 Å². The number of hydrogen-bond acceptors (Lipinski definition) is 6. The Morgan fingerprint density at radius 1 is 1.17 bits per heavy atom. The molecular weight excluding hydrogens is 384 g/mol. The lowest BCUT2D eigenvalue weighted by atomic mass is 10.1. The van der Waals surface area contributed by atoms with E-state index in [1.54, 1.807) is 11.8 Å². The fourth-order valence-electron chi connectivity index (χ4n) is 3.30. The van der Waals surface area contributed by atoms with Crippen molar-refractivity contribution in [2.24, 2.45) is 5.92 Å². The quantitative estimate of drug-likeness (QED) is 0.556. The number of benzene rings is 1. The molecule has 2 aliphatic rings. The van der Waals surface area contributed by atoms with Crippen LogP contribution in [0.15, 0.2) is 29.4 Å². The van der Waals surface area contributed by atoms with Gasteiger partial charge in [0.05, 0.1) is 13.2 Å². The summed E-state index contributed by atoms with van der Waals surface area (Å²) in [5.41, 5.74) is 4.03. The number of carbonyl (C=O) groups is 1. The Labute approximate surface area is 176 Å². The number of nitrogens with zero attached hydrogens (tertiary/aromatic N) is 3. The zero-order valence-electron chi connectivity index (χ0n) is 17.1. The van der Waals surface area contributed by atoms with E-state index in [9.17, 15) is 4.79 Å². The number of thioether (sulfide) groups is 1. The molecule has 1 aliphatic heterocycles. The van der Waals surface area contributed by atoms with E-state index in [-0.39, 0.29) is 5.91 Å². The summed E-state index contributed by atoms with van der Waals surface area (Å²) in [6.45, 7) is 8.14. The highest BCUT2D eigenvalue weighted by Crippen LogP contribution is 2.28. The molecule has 29 heavy (non-hydrogen) atoms. The monoisotopic (exact) mass is 412 g/mol. The van der Waals surface area contributed by atoms with E-state index in [1.165, 1.54) is 12.8 Å². The van der Waals surface area contributed by atoms with Gasteiger partial charge in [-0.2, -0.15) is 0 Å². The fraction of sp³-hybridized carbons (Fsp3) is 0.500. The first-order valence-electron chi connectivity index (χ1n) is 10.3. The number of nitrogens with one attached hydrogen (secondary N) is 1. The molecule has 154 valence electrons. The Bertz CT molecular complexity index is 862. The van der Waals surface area contributed by atoms with Gasteiger partial charge in [-0.3, -0.25) is 4.79 Å². The van der Waals surface area contributed by atoms with Crippen molar-refractivity contribution in [2.45, 2.75) is 37.6 Å². The highest BCUT2D eigenvalue weighted by molar-refractivity contribution is 7.98. The van der Waals surface area contributed by atoms with Crippen LogP contribution in [0.3, 0.4) is 0 Å². The first kappa shape index (κ1) is 20.2. The molecule has 1 N–H and O–H groups in total. The maximum atomic E-state index is 12.2. The van der Waals surface area contributed by atoms with Crippen LogP contribution in [-0.2, 0) is 10.5 Å². The Hall–Kier alpha value is -2.12. The van der Waals surface area contributed by atoms with Crippen LogP contribution in [0.4, 0.5) is 5.82 Å². The summed E-state index contributed by atoms with van der Waals surface area (Å²) in [4.78, 5) is 23.9. The Balaban J connectivity index is 1.38. The summed E-state index contributed by atoms with van der Waals surface area (Å²) in [5, 5.41) is 3.80. The second-order valence-corrected chi connectivity index (χ2v) is 8.72. The van der Waals surface area contributed by atoms with Crippen molar-refractivity contribution in [3.63, 3.8) is 0 Å². The average molecular weight is 413 g/mol. The number of morpholine rings is 1. The SMILES string of the molecule is Cc1nc(SCc2ccc(C(=O)NCC3CC3)cc2)nc(N2CCOCC2)c1C. The second kappa shape index (κ2) is 9.13. The molecule has 2 heterocycles. The van der Waals surface area contributed by atoms with Crippen molar-refractivity contribution in [3.05, 3.63) is 46.6 Å². The van der Waals surface area contributed by atoms with Gasteiger partial charge in [-0.25, -0.2) is 9.97 Å². The molecule has 1 saturated carbocycles. The van der Waals surface area contributed by atoms with Gasteiger partial charge < -0.3 is 15.0 Å². The van der Waals surface area contributed by atoms with Crippen molar-refractivity contribution in [3.8, 4) is 0 Å². The molecule has 4 rings (SSSR count). The lowest BCUT2D eigenvalue weighted by Crippen LogP contribution is -2.37. The summed E-state index contributed by atoms with van der Waals surface area (Å²) < 4.78 is 5.46. The topological polar surface area (TPSA) is 67.4 Å². The van der Waals surface area contributed by atoms with Crippen molar-refractivity contribution in [1.29, 1.82) is 0 Å². The molecule has 1 aliphatic carbocycles. The molecule has 1 aromatic heterocycles. The predicted octanol–water partition coefficient (Wildman–Crippen LogP) is 3.36. The van der Waals surface area contributed by atoms with Gasteiger partial charge in [-0.1, -0.05) is 23.9 Å². The van der Waals surface area contributed by atoms with E-state index in [1.807, 2.05) is 31.2 Å². The first-order valence-corrected chi connectivity index (χ1v) is 11.3. The molecule has 7 heteroatoms. The largest absolute Gasteiger partial charge is 0.378 e. The van der Waals surface area contributed by atoms with Crippen LogP contribution in [0.25, 0.3) is 0 Å². The summed E-state index contributed by atoms with van der Waals surface area (Å²) in [5.74, 6) is 2.50. The van der Waals surface area contributed by atoms with Crippen molar-refractivity contribution in [2.75, 3.05) is 37.7 Å². The third-order valence-corrected chi connectivity index (χ3v) is 6.40. The third kappa shape index (κ3) is 5.28. The number of rotatable bonds is 7. The van der Waals surface area contributed by atoms with E-state index < -0.39 is 0 Å². The van der Waals surface area contributed by atoms with E-state index >= 15 is 0 Å². The minimum absolute atomic E-state index is 0.0174. The first-order chi connectivity index (χ1) is 14.1. The minimum atomic E-state index is 0.0174. The molecule has 0 spiro atoms. The maximum Gasteiger partial charge on any atom is 0.251 e. The van der Waals surface area contributed by atoms with Crippen LogP contribution in [0.5, 0.6) is 0 Å². The molecule has 0 radical (unpaired) electrons. The highest BCUT2D eigenvalue weighted by atomic mass is 32.2. The molecule has 0 atom stereocenters. The lowest BCUT2D eigenvalue weighted by Gasteiger charge is -2.29. The van der Waals surface area contributed by atoms with Crippen LogP contribution in [-0.4, -0.2) is 48.7 Å². The summed E-state index contributed by atoms with van der Waals surface area (Å²) >= 11 is 1.63. The number of carbonyl (C=O) groups excluding carboxylic acids is 1. The number of ether oxygens (including phenoxy) is 1. The zero-order chi connectivity index (χ0) is 20.2. The molecule has 2 aromatic rings. The van der Waals surface area contributed by atoms with Gasteiger partial charge in [0.15, 0.2) is 5.16 Å². The van der Waals surface area contributed by atoms with E-state index in [4.69, 9.17) is 9.72 Å². The minimum Gasteiger partial charge on any atom is -0.378 e. The molecule has 1 aromatic carbocycles. The van der Waals surface area contributed by atoms with Gasteiger partial charge in [-0.05, 0) is 50.3 Å². The van der Waals surface area contributed by atoms with Gasteiger partial charge >= 0.3 is 0 Å². The average Bonchev–Trinajstić information content (AvgIpc) is 3.58. The van der Waals surface area contributed by atoms with Crippen LogP contribution < -0.4 is 10.2 Å². The Kier molecular flexibility index (Phi) is 6.35. The van der Waals surface area contributed by atoms with Gasteiger partial charge in [0, 0.05) is 42.2 Å². The normalized spacial score (nSPS) is 16.7.